The predicted molar refractivity (Wildman–Crippen MR) is 67.8 cm³/mol. The minimum atomic E-state index is 0.881. The lowest BCUT2D eigenvalue weighted by atomic mass is 9.96. The van der Waals surface area contributed by atoms with Crippen LogP contribution >= 0.6 is 11.3 Å². The summed E-state index contributed by atoms with van der Waals surface area (Å²) in [6.45, 7) is 5.72. The van der Waals surface area contributed by atoms with Gasteiger partial charge in [0.05, 0.1) is 5.00 Å². The Balaban J connectivity index is 1.68. The third-order valence-electron chi connectivity index (χ3n) is 3.10. The molecular formula is C12H20N2S. The standard InChI is InChI=1S/C12H20N2S/c1-10-5-8-15-12(10)14-7-4-11-3-2-6-13-9-11/h5,8,11,13-14H,2-4,6-7,9H2,1H3. The number of hydrogen-bond donors (Lipinski definition) is 2. The Morgan fingerprint density at radius 3 is 3.20 bits per heavy atom. The highest BCUT2D eigenvalue weighted by atomic mass is 32.1. The van der Waals surface area contributed by atoms with Crippen molar-refractivity contribution < 1.29 is 0 Å². The molecule has 0 aliphatic carbocycles. The first kappa shape index (κ1) is 11.0. The highest BCUT2D eigenvalue weighted by molar-refractivity contribution is 7.14. The van der Waals surface area contributed by atoms with E-state index in [1.165, 1.54) is 42.9 Å². The minimum Gasteiger partial charge on any atom is -0.377 e. The average Bonchev–Trinajstić information content (AvgIpc) is 2.66. The summed E-state index contributed by atoms with van der Waals surface area (Å²) in [5.41, 5.74) is 1.38. The molecule has 1 aliphatic heterocycles. The first-order valence-corrected chi connectivity index (χ1v) is 6.73. The molecular weight excluding hydrogens is 204 g/mol. The number of rotatable bonds is 4. The molecule has 0 bridgehead atoms. The molecule has 0 radical (unpaired) electrons. The van der Waals surface area contributed by atoms with Crippen molar-refractivity contribution >= 4 is 16.3 Å². The third kappa shape index (κ3) is 3.21. The van der Waals surface area contributed by atoms with Gasteiger partial charge in [-0.05, 0) is 62.2 Å². The highest BCUT2D eigenvalue weighted by Gasteiger charge is 2.12. The normalized spacial score (nSPS) is 21.5. The number of thiophene rings is 1. The van der Waals surface area contributed by atoms with Crippen molar-refractivity contribution in [3.63, 3.8) is 0 Å². The molecule has 0 amide bonds. The minimum absolute atomic E-state index is 0.881. The molecule has 1 unspecified atom stereocenters. The number of aryl methyl sites for hydroxylation is 1. The smallest absolute Gasteiger partial charge is 0.0912 e. The maximum atomic E-state index is 3.53. The van der Waals surface area contributed by atoms with Crippen LogP contribution in [0.1, 0.15) is 24.8 Å². The van der Waals surface area contributed by atoms with Crippen LogP contribution < -0.4 is 10.6 Å². The Labute approximate surface area is 96.1 Å². The van der Waals surface area contributed by atoms with Gasteiger partial charge in [0.2, 0.25) is 0 Å². The van der Waals surface area contributed by atoms with Crippen LogP contribution in [0.4, 0.5) is 5.00 Å². The fourth-order valence-electron chi connectivity index (χ4n) is 2.11. The van der Waals surface area contributed by atoms with Crippen molar-refractivity contribution in [2.24, 2.45) is 5.92 Å². The summed E-state index contributed by atoms with van der Waals surface area (Å²) in [7, 11) is 0. The zero-order chi connectivity index (χ0) is 10.5. The van der Waals surface area contributed by atoms with E-state index in [4.69, 9.17) is 0 Å². The highest BCUT2D eigenvalue weighted by Crippen LogP contribution is 2.22. The van der Waals surface area contributed by atoms with Gasteiger partial charge in [0, 0.05) is 6.54 Å². The molecule has 1 fully saturated rings. The Kier molecular flexibility index (Phi) is 4.03. The second-order valence-corrected chi connectivity index (χ2v) is 5.28. The van der Waals surface area contributed by atoms with Crippen LogP contribution in [-0.4, -0.2) is 19.6 Å². The second-order valence-electron chi connectivity index (χ2n) is 4.36. The molecule has 1 atom stereocenters. The van der Waals surface area contributed by atoms with Crippen LogP contribution in [0.15, 0.2) is 11.4 Å². The van der Waals surface area contributed by atoms with Crippen molar-refractivity contribution in [1.82, 2.24) is 5.32 Å². The van der Waals surface area contributed by atoms with Crippen LogP contribution in [0.2, 0.25) is 0 Å². The molecule has 2 heterocycles. The van der Waals surface area contributed by atoms with Gasteiger partial charge in [0.15, 0.2) is 0 Å². The number of piperidine rings is 1. The molecule has 1 aromatic heterocycles. The Morgan fingerprint density at radius 2 is 2.53 bits per heavy atom. The number of hydrogen-bond acceptors (Lipinski definition) is 3. The van der Waals surface area contributed by atoms with E-state index in [9.17, 15) is 0 Å². The molecule has 1 aromatic rings. The lowest BCUT2D eigenvalue weighted by molar-refractivity contribution is 0.364. The van der Waals surface area contributed by atoms with Crippen molar-refractivity contribution in [2.75, 3.05) is 25.0 Å². The second kappa shape index (κ2) is 5.52. The van der Waals surface area contributed by atoms with E-state index in [0.29, 0.717) is 0 Å². The van der Waals surface area contributed by atoms with Crippen molar-refractivity contribution in [2.45, 2.75) is 26.2 Å². The van der Waals surface area contributed by atoms with Gasteiger partial charge in [-0.3, -0.25) is 0 Å². The first-order chi connectivity index (χ1) is 7.36. The Morgan fingerprint density at radius 1 is 1.60 bits per heavy atom. The van der Waals surface area contributed by atoms with Gasteiger partial charge in [-0.15, -0.1) is 11.3 Å². The SMILES string of the molecule is Cc1ccsc1NCCC1CCCNC1. The Bertz CT molecular complexity index is 290. The molecule has 0 spiro atoms. The largest absolute Gasteiger partial charge is 0.377 e. The van der Waals surface area contributed by atoms with Gasteiger partial charge >= 0.3 is 0 Å². The summed E-state index contributed by atoms with van der Waals surface area (Å²) in [6.07, 6.45) is 4.05. The molecule has 0 aromatic carbocycles. The summed E-state index contributed by atoms with van der Waals surface area (Å²) in [6, 6.07) is 2.18. The van der Waals surface area contributed by atoms with Crippen molar-refractivity contribution in [3.8, 4) is 0 Å². The van der Waals surface area contributed by atoms with Crippen LogP contribution in [0.3, 0.4) is 0 Å². The fraction of sp³-hybridized carbons (Fsp3) is 0.667. The van der Waals surface area contributed by atoms with Gasteiger partial charge in [-0.1, -0.05) is 0 Å². The molecule has 2 nitrogen and oxygen atoms in total. The average molecular weight is 224 g/mol. The van der Waals surface area contributed by atoms with Gasteiger partial charge in [0.1, 0.15) is 0 Å². The predicted octanol–water partition coefficient (Wildman–Crippen LogP) is 2.86. The maximum Gasteiger partial charge on any atom is 0.0912 e. The lowest BCUT2D eigenvalue weighted by Gasteiger charge is -2.22. The number of anilines is 1. The quantitative estimate of drug-likeness (QED) is 0.822. The van der Waals surface area contributed by atoms with Crippen molar-refractivity contribution in [3.05, 3.63) is 17.0 Å². The van der Waals surface area contributed by atoms with Crippen molar-refractivity contribution in [1.29, 1.82) is 0 Å². The molecule has 3 heteroatoms. The molecule has 84 valence electrons. The van der Waals surface area contributed by atoms with Crippen LogP contribution in [-0.2, 0) is 0 Å². The topological polar surface area (TPSA) is 24.1 Å². The third-order valence-corrected chi connectivity index (χ3v) is 4.07. The van der Waals surface area contributed by atoms with Gasteiger partial charge in [0.25, 0.3) is 0 Å². The number of nitrogens with one attached hydrogen (secondary N) is 2. The Hall–Kier alpha value is -0.540. The van der Waals surface area contributed by atoms with E-state index in [1.807, 2.05) is 11.3 Å². The summed E-state index contributed by atoms with van der Waals surface area (Å²) in [4.78, 5) is 0. The summed E-state index contributed by atoms with van der Waals surface area (Å²) in [5, 5.41) is 10.5. The molecule has 2 N–H and O–H groups in total. The van der Waals surface area contributed by atoms with E-state index in [2.05, 4.69) is 29.0 Å². The molecule has 15 heavy (non-hydrogen) atoms. The van der Waals surface area contributed by atoms with Crippen LogP contribution in [0.25, 0.3) is 0 Å². The van der Waals surface area contributed by atoms with Crippen LogP contribution in [0, 0.1) is 12.8 Å². The van der Waals surface area contributed by atoms with Crippen LogP contribution in [0.5, 0.6) is 0 Å². The summed E-state index contributed by atoms with van der Waals surface area (Å²) >= 11 is 1.81. The van der Waals surface area contributed by atoms with Gasteiger partial charge < -0.3 is 10.6 Å². The summed E-state index contributed by atoms with van der Waals surface area (Å²) < 4.78 is 0. The van der Waals surface area contributed by atoms with E-state index in [-0.39, 0.29) is 0 Å². The molecule has 0 saturated carbocycles. The maximum absolute atomic E-state index is 3.53. The monoisotopic (exact) mass is 224 g/mol. The molecule has 1 aliphatic rings. The molecule has 2 rings (SSSR count). The van der Waals surface area contributed by atoms with E-state index in [0.717, 1.165) is 12.5 Å². The molecule has 1 saturated heterocycles. The lowest BCUT2D eigenvalue weighted by Crippen LogP contribution is -2.30. The summed E-state index contributed by atoms with van der Waals surface area (Å²) in [5.74, 6) is 0.881. The van der Waals surface area contributed by atoms with E-state index < -0.39 is 0 Å². The first-order valence-electron chi connectivity index (χ1n) is 5.85. The van der Waals surface area contributed by atoms with E-state index in [1.54, 1.807) is 0 Å². The fourth-order valence-corrected chi connectivity index (χ4v) is 2.96. The zero-order valence-corrected chi connectivity index (χ0v) is 10.2. The van der Waals surface area contributed by atoms with Gasteiger partial charge in [-0.2, -0.15) is 0 Å². The zero-order valence-electron chi connectivity index (χ0n) is 9.38. The van der Waals surface area contributed by atoms with E-state index >= 15 is 0 Å². The van der Waals surface area contributed by atoms with Gasteiger partial charge in [-0.25, -0.2) is 0 Å².